The van der Waals surface area contributed by atoms with Crippen molar-refractivity contribution in [3.63, 3.8) is 0 Å². The first kappa shape index (κ1) is 19.9. The van der Waals surface area contributed by atoms with Crippen LogP contribution in [0.2, 0.25) is 5.02 Å². The lowest BCUT2D eigenvalue weighted by molar-refractivity contribution is 0.0918. The van der Waals surface area contributed by atoms with Gasteiger partial charge in [0.25, 0.3) is 5.91 Å². The lowest BCUT2D eigenvalue weighted by Crippen LogP contribution is -2.36. The van der Waals surface area contributed by atoms with Gasteiger partial charge in [-0.25, -0.2) is 0 Å². The zero-order valence-corrected chi connectivity index (χ0v) is 18.3. The summed E-state index contributed by atoms with van der Waals surface area (Å²) in [6, 6.07) is 13.0. The maximum absolute atomic E-state index is 13.0. The second-order valence-electron chi connectivity index (χ2n) is 8.97. The van der Waals surface area contributed by atoms with Gasteiger partial charge in [-0.15, -0.1) is 0 Å². The van der Waals surface area contributed by atoms with Crippen LogP contribution in [0.25, 0.3) is 0 Å². The smallest absolute Gasteiger partial charge is 0.251 e. The first-order chi connectivity index (χ1) is 14.9. The number of rotatable bonds is 4. The third-order valence-corrected chi connectivity index (χ3v) is 6.16. The SMILES string of the molecule is CC1(C)Cc2c(cnn2Cc2cccc(Cl)c2)C(NC(=O)c2ccc3c(c2)OCO3)C1. The molecule has 31 heavy (non-hydrogen) atoms. The van der Waals surface area contributed by atoms with Crippen molar-refractivity contribution in [2.75, 3.05) is 6.79 Å². The number of hydrogen-bond acceptors (Lipinski definition) is 4. The average molecular weight is 438 g/mol. The molecule has 1 atom stereocenters. The zero-order valence-electron chi connectivity index (χ0n) is 17.5. The second-order valence-corrected chi connectivity index (χ2v) is 9.41. The van der Waals surface area contributed by atoms with E-state index in [9.17, 15) is 4.79 Å². The van der Waals surface area contributed by atoms with Crippen LogP contribution < -0.4 is 14.8 Å². The van der Waals surface area contributed by atoms with E-state index in [0.717, 1.165) is 29.7 Å². The van der Waals surface area contributed by atoms with Crippen molar-refractivity contribution in [3.8, 4) is 11.5 Å². The van der Waals surface area contributed by atoms with Crippen molar-refractivity contribution in [1.29, 1.82) is 0 Å². The summed E-state index contributed by atoms with van der Waals surface area (Å²) in [5.74, 6) is 1.14. The van der Waals surface area contributed by atoms with Crippen molar-refractivity contribution < 1.29 is 14.3 Å². The van der Waals surface area contributed by atoms with Gasteiger partial charge in [0.05, 0.1) is 18.8 Å². The van der Waals surface area contributed by atoms with E-state index in [-0.39, 0.29) is 24.2 Å². The quantitative estimate of drug-likeness (QED) is 0.639. The number of aromatic nitrogens is 2. The van der Waals surface area contributed by atoms with Crippen LogP contribution in [0, 0.1) is 5.41 Å². The summed E-state index contributed by atoms with van der Waals surface area (Å²) < 4.78 is 12.8. The van der Waals surface area contributed by atoms with Crippen LogP contribution in [0.15, 0.2) is 48.7 Å². The highest BCUT2D eigenvalue weighted by atomic mass is 35.5. The van der Waals surface area contributed by atoms with Crippen LogP contribution in [0.3, 0.4) is 0 Å². The molecule has 0 radical (unpaired) electrons. The Morgan fingerprint density at radius 2 is 2.06 bits per heavy atom. The molecule has 160 valence electrons. The molecule has 7 heteroatoms. The van der Waals surface area contributed by atoms with Crippen LogP contribution in [0.5, 0.6) is 11.5 Å². The molecule has 3 aromatic rings. The molecule has 2 aromatic carbocycles. The van der Waals surface area contributed by atoms with Gasteiger partial charge in [0.1, 0.15) is 0 Å². The Hall–Kier alpha value is -2.99. The molecule has 1 aliphatic heterocycles. The molecular formula is C24H24ClN3O3. The van der Waals surface area contributed by atoms with Crippen molar-refractivity contribution >= 4 is 17.5 Å². The van der Waals surface area contributed by atoms with Gasteiger partial charge < -0.3 is 14.8 Å². The summed E-state index contributed by atoms with van der Waals surface area (Å²) in [7, 11) is 0. The van der Waals surface area contributed by atoms with Crippen molar-refractivity contribution in [2.24, 2.45) is 5.41 Å². The minimum absolute atomic E-state index is 0.0337. The molecule has 0 spiro atoms. The average Bonchev–Trinajstić information content (AvgIpc) is 3.34. The van der Waals surface area contributed by atoms with Gasteiger partial charge in [-0.2, -0.15) is 5.10 Å². The molecule has 0 saturated heterocycles. The summed E-state index contributed by atoms with van der Waals surface area (Å²) >= 11 is 6.15. The van der Waals surface area contributed by atoms with E-state index in [0.29, 0.717) is 28.6 Å². The van der Waals surface area contributed by atoms with Gasteiger partial charge in [-0.3, -0.25) is 9.48 Å². The van der Waals surface area contributed by atoms with Crippen LogP contribution in [0.1, 0.15) is 53.5 Å². The van der Waals surface area contributed by atoms with Crippen molar-refractivity contribution in [3.05, 3.63) is 76.1 Å². The maximum Gasteiger partial charge on any atom is 0.251 e. The van der Waals surface area contributed by atoms with Crippen LogP contribution in [-0.2, 0) is 13.0 Å². The highest BCUT2D eigenvalue weighted by Gasteiger charge is 2.36. The van der Waals surface area contributed by atoms with E-state index >= 15 is 0 Å². The number of amides is 1. The summed E-state index contributed by atoms with van der Waals surface area (Å²) in [5.41, 5.74) is 3.93. The molecule has 1 aliphatic carbocycles. The Morgan fingerprint density at radius 3 is 2.90 bits per heavy atom. The molecule has 2 aliphatic rings. The number of fused-ring (bicyclic) bond motifs is 2. The zero-order chi connectivity index (χ0) is 21.6. The third-order valence-electron chi connectivity index (χ3n) is 5.92. The number of ether oxygens (including phenoxy) is 2. The number of benzene rings is 2. The highest BCUT2D eigenvalue weighted by Crippen LogP contribution is 2.41. The predicted octanol–water partition coefficient (Wildman–Crippen LogP) is 4.76. The molecule has 1 N–H and O–H groups in total. The molecule has 1 amide bonds. The molecule has 0 fully saturated rings. The van der Waals surface area contributed by atoms with Gasteiger partial charge in [0.2, 0.25) is 6.79 Å². The summed E-state index contributed by atoms with van der Waals surface area (Å²) in [5, 5.41) is 8.58. The fourth-order valence-corrected chi connectivity index (χ4v) is 4.66. The van der Waals surface area contributed by atoms with E-state index in [1.807, 2.05) is 35.1 Å². The molecule has 5 rings (SSSR count). The second kappa shape index (κ2) is 7.61. The molecule has 6 nitrogen and oxygen atoms in total. The normalized spacial score (nSPS) is 18.5. The number of carbonyl (C=O) groups is 1. The number of hydrogen-bond donors (Lipinski definition) is 1. The van der Waals surface area contributed by atoms with Crippen molar-refractivity contribution in [1.82, 2.24) is 15.1 Å². The molecule has 0 bridgehead atoms. The Bertz CT molecular complexity index is 1150. The summed E-state index contributed by atoms with van der Waals surface area (Å²) in [6.07, 6.45) is 3.64. The molecule has 0 saturated carbocycles. The summed E-state index contributed by atoms with van der Waals surface area (Å²) in [6.45, 7) is 5.29. The maximum atomic E-state index is 13.0. The largest absolute Gasteiger partial charge is 0.454 e. The standard InChI is InChI=1S/C24H24ClN3O3/c1-24(2)10-19(27-23(29)16-6-7-21-22(9-16)31-14-30-21)18-12-26-28(20(18)11-24)13-15-4-3-5-17(25)8-15/h3-9,12,19H,10-11,13-14H2,1-2H3,(H,27,29). The molecular weight excluding hydrogens is 414 g/mol. The Labute approximate surface area is 186 Å². The lowest BCUT2D eigenvalue weighted by atomic mass is 9.74. The topological polar surface area (TPSA) is 65.4 Å². The van der Waals surface area contributed by atoms with E-state index in [2.05, 4.69) is 24.3 Å². The van der Waals surface area contributed by atoms with E-state index in [4.69, 9.17) is 21.1 Å². The van der Waals surface area contributed by atoms with Gasteiger partial charge in [-0.05, 0) is 54.2 Å². The van der Waals surface area contributed by atoms with Crippen LogP contribution in [-0.4, -0.2) is 22.5 Å². The van der Waals surface area contributed by atoms with Gasteiger partial charge in [0.15, 0.2) is 11.5 Å². The van der Waals surface area contributed by atoms with E-state index in [1.165, 1.54) is 0 Å². The minimum atomic E-state index is -0.130. The number of nitrogens with one attached hydrogen (secondary N) is 1. The number of halogens is 1. The predicted molar refractivity (Wildman–Crippen MR) is 118 cm³/mol. The monoisotopic (exact) mass is 437 g/mol. The van der Waals surface area contributed by atoms with Crippen LogP contribution in [0.4, 0.5) is 0 Å². The third kappa shape index (κ3) is 4.00. The fourth-order valence-electron chi connectivity index (χ4n) is 4.45. The van der Waals surface area contributed by atoms with Crippen molar-refractivity contribution in [2.45, 2.75) is 39.3 Å². The highest BCUT2D eigenvalue weighted by molar-refractivity contribution is 6.30. The number of carbonyl (C=O) groups excluding carboxylic acids is 1. The van der Waals surface area contributed by atoms with E-state index in [1.54, 1.807) is 18.2 Å². The minimum Gasteiger partial charge on any atom is -0.454 e. The molecule has 1 unspecified atom stereocenters. The van der Waals surface area contributed by atoms with Crippen LogP contribution >= 0.6 is 11.6 Å². The van der Waals surface area contributed by atoms with Gasteiger partial charge in [-0.1, -0.05) is 37.6 Å². The first-order valence-electron chi connectivity index (χ1n) is 10.4. The van der Waals surface area contributed by atoms with Gasteiger partial charge >= 0.3 is 0 Å². The molecule has 1 aromatic heterocycles. The Balaban J connectivity index is 1.40. The van der Waals surface area contributed by atoms with Gasteiger partial charge in [0, 0.05) is 21.8 Å². The number of nitrogens with zero attached hydrogens (tertiary/aromatic N) is 2. The summed E-state index contributed by atoms with van der Waals surface area (Å²) in [4.78, 5) is 13.0. The lowest BCUT2D eigenvalue weighted by Gasteiger charge is -2.36. The molecule has 2 heterocycles. The fraction of sp³-hybridized carbons (Fsp3) is 0.333. The van der Waals surface area contributed by atoms with E-state index < -0.39 is 0 Å². The first-order valence-corrected chi connectivity index (χ1v) is 10.8. The Kier molecular flexibility index (Phi) is 4.89. The Morgan fingerprint density at radius 1 is 1.23 bits per heavy atom.